The fourth-order valence-electron chi connectivity index (χ4n) is 2.16. The molecule has 354 valence electrons. The number of hydrogen-bond acceptors (Lipinski definition) is 20. The summed E-state index contributed by atoms with van der Waals surface area (Å²) < 4.78 is 10.1. The van der Waals surface area contributed by atoms with Gasteiger partial charge in [-0.25, -0.2) is 0 Å². The molecule has 29 nitrogen and oxygen atoms in total. The molecule has 1 heterocycles. The van der Waals surface area contributed by atoms with E-state index in [9.17, 15) is 30.6 Å². The SMILES string of the molecule is CC(=O)O.CC(=O)O.CC(=O)O.CC(=O)O.CC(=O)O.CC(=O)O.CC(=O)O.CC(=O)O.CC(=O)O.OC[C@@H](O)[C@@H](O[C@@H]1O[C@H](CO)[C@@H](O)[C@H](O)[C@H]1O)[C@H](O)[C@@H](O)CO. The highest BCUT2D eigenvalue weighted by molar-refractivity contribution is 5.64. The van der Waals surface area contributed by atoms with Crippen molar-refractivity contribution in [3.63, 3.8) is 0 Å². The summed E-state index contributed by atoms with van der Waals surface area (Å²) >= 11 is 0. The normalized spacial score (nSPS) is 18.3. The minimum atomic E-state index is -1.85. The van der Waals surface area contributed by atoms with Crippen LogP contribution in [0, 0.1) is 0 Å². The molecule has 1 fully saturated rings. The molecule has 18 N–H and O–H groups in total. The zero-order valence-corrected chi connectivity index (χ0v) is 33.4. The van der Waals surface area contributed by atoms with Crippen LogP contribution in [0.5, 0.6) is 0 Å². The summed E-state index contributed by atoms with van der Waals surface area (Å²) in [6, 6.07) is 0. The van der Waals surface area contributed by atoms with Crippen molar-refractivity contribution in [2.75, 3.05) is 19.8 Å². The largest absolute Gasteiger partial charge is 0.481 e. The molecule has 0 unspecified atom stereocenters. The van der Waals surface area contributed by atoms with E-state index in [1.807, 2.05) is 0 Å². The Labute approximate surface area is 335 Å². The summed E-state index contributed by atoms with van der Waals surface area (Å²) in [4.78, 5) is 81.0. The van der Waals surface area contributed by atoms with Gasteiger partial charge < -0.3 is 101 Å². The van der Waals surface area contributed by atoms with Crippen LogP contribution < -0.4 is 0 Å². The van der Waals surface area contributed by atoms with Gasteiger partial charge in [-0.1, -0.05) is 0 Å². The van der Waals surface area contributed by atoms with Crippen LogP contribution in [0.25, 0.3) is 0 Å². The molecule has 0 radical (unpaired) electrons. The average molecular weight is 885 g/mol. The van der Waals surface area contributed by atoms with Crippen LogP contribution in [0.4, 0.5) is 0 Å². The van der Waals surface area contributed by atoms with Gasteiger partial charge in [-0.15, -0.1) is 0 Å². The Hall–Kier alpha value is -5.21. The van der Waals surface area contributed by atoms with Gasteiger partial charge in [0, 0.05) is 62.3 Å². The van der Waals surface area contributed by atoms with Crippen molar-refractivity contribution in [2.24, 2.45) is 0 Å². The molecule has 0 aromatic rings. The van der Waals surface area contributed by atoms with Crippen molar-refractivity contribution in [2.45, 2.75) is 117 Å². The zero-order valence-electron chi connectivity index (χ0n) is 33.4. The molecule has 29 heteroatoms. The van der Waals surface area contributed by atoms with Gasteiger partial charge in [0.05, 0.1) is 19.8 Å². The average Bonchev–Trinajstić information content (AvgIpc) is 3.00. The number of rotatable bonds is 8. The highest BCUT2D eigenvalue weighted by Crippen LogP contribution is 2.24. The minimum Gasteiger partial charge on any atom is -0.481 e. The summed E-state index contributed by atoms with van der Waals surface area (Å²) in [7, 11) is 0. The van der Waals surface area contributed by atoms with Crippen LogP contribution in [-0.4, -0.2) is 221 Å². The smallest absolute Gasteiger partial charge is 0.300 e. The fraction of sp³-hybridized carbons (Fsp3) is 0.700. The third kappa shape index (κ3) is 101. The number of hydrogen-bond donors (Lipinski definition) is 18. The maximum atomic E-state index is 9.83. The number of carboxylic acids is 9. The molecule has 1 aliphatic heterocycles. The van der Waals surface area contributed by atoms with E-state index in [1.54, 1.807) is 0 Å². The molecule has 9 atom stereocenters. The Kier molecular flexibility index (Phi) is 62.0. The van der Waals surface area contributed by atoms with E-state index in [1.165, 1.54) is 0 Å². The molecular weight excluding hydrogens is 824 g/mol. The molecule has 0 bridgehead atoms. The Morgan fingerprint density at radius 2 is 0.661 bits per heavy atom. The predicted octanol–water partition coefficient (Wildman–Crippen LogP) is -4.94. The lowest BCUT2D eigenvalue weighted by atomic mass is 9.98. The number of aliphatic hydroxyl groups excluding tert-OH is 9. The molecule has 0 aromatic carbocycles. The molecule has 1 aliphatic rings. The standard InChI is InChI=1S/C12H24O11.9C2H4O2/c13-1-4(16)7(18)11(5(17)2-14)23-12-10(21)9(20)8(19)6(3-15)22-12;9*1-2(3)4/h4-21H,1-3H2;9*1H3,(H,3,4)/t4-,5+,6+,7+,8+,9-,10+,11+,12-;;;;;;;;;/m0........./s1. The second-order valence-corrected chi connectivity index (χ2v) is 9.96. The van der Waals surface area contributed by atoms with E-state index in [0.29, 0.717) is 0 Å². The number of aliphatic hydroxyl groups is 9. The van der Waals surface area contributed by atoms with E-state index in [0.717, 1.165) is 62.3 Å². The van der Waals surface area contributed by atoms with Gasteiger partial charge in [0.15, 0.2) is 6.29 Å². The lowest BCUT2D eigenvalue weighted by molar-refractivity contribution is -0.327. The number of carbonyl (C=O) groups is 9. The van der Waals surface area contributed by atoms with Crippen molar-refractivity contribution in [1.29, 1.82) is 0 Å². The van der Waals surface area contributed by atoms with Crippen molar-refractivity contribution >= 4 is 53.7 Å². The molecule has 1 saturated heterocycles. The molecule has 0 aliphatic carbocycles. The maximum absolute atomic E-state index is 9.83. The second-order valence-electron chi connectivity index (χ2n) is 9.96. The van der Waals surface area contributed by atoms with Gasteiger partial charge in [0.25, 0.3) is 53.7 Å². The topological polar surface area (TPSA) is 536 Å². The molecule has 0 aromatic heterocycles. The van der Waals surface area contributed by atoms with Gasteiger partial charge in [-0.3, -0.25) is 43.2 Å². The van der Waals surface area contributed by atoms with Crippen LogP contribution in [0.15, 0.2) is 0 Å². The van der Waals surface area contributed by atoms with Gasteiger partial charge >= 0.3 is 0 Å². The second kappa shape index (κ2) is 48.9. The van der Waals surface area contributed by atoms with Crippen LogP contribution >= 0.6 is 0 Å². The van der Waals surface area contributed by atoms with Gasteiger partial charge in [-0.2, -0.15) is 0 Å². The molecule has 1 rings (SSSR count). The van der Waals surface area contributed by atoms with Crippen molar-refractivity contribution in [1.82, 2.24) is 0 Å². The molecule has 0 amide bonds. The molecular formula is C30H60O29. The van der Waals surface area contributed by atoms with E-state index >= 15 is 0 Å². The van der Waals surface area contributed by atoms with Gasteiger partial charge in [-0.05, 0) is 0 Å². The van der Waals surface area contributed by atoms with Crippen LogP contribution in [0.2, 0.25) is 0 Å². The van der Waals surface area contributed by atoms with Crippen molar-refractivity contribution in [3.8, 4) is 0 Å². The molecule has 0 spiro atoms. The highest BCUT2D eigenvalue weighted by Gasteiger charge is 2.46. The molecule has 59 heavy (non-hydrogen) atoms. The van der Waals surface area contributed by atoms with E-state index in [4.69, 9.17) is 114 Å². The summed E-state index contributed by atoms with van der Waals surface area (Å²) in [5.74, 6) is -7.50. The van der Waals surface area contributed by atoms with Crippen LogP contribution in [-0.2, 0) is 52.6 Å². The lowest BCUT2D eigenvalue weighted by Crippen LogP contribution is -2.61. The Bertz CT molecular complexity index is 919. The monoisotopic (exact) mass is 884 g/mol. The minimum absolute atomic E-state index is 0.708. The Morgan fingerprint density at radius 1 is 0.441 bits per heavy atom. The van der Waals surface area contributed by atoms with E-state index in [2.05, 4.69) is 0 Å². The third-order valence-corrected chi connectivity index (χ3v) is 3.62. The van der Waals surface area contributed by atoms with Crippen molar-refractivity contribution in [3.05, 3.63) is 0 Å². The summed E-state index contributed by atoms with van der Waals surface area (Å²) in [6.45, 7) is 7.30. The summed E-state index contributed by atoms with van der Waals surface area (Å²) in [6.07, 6.45) is -15.1. The first-order valence-corrected chi connectivity index (χ1v) is 15.3. The molecule has 0 saturated carbocycles. The predicted molar refractivity (Wildman–Crippen MR) is 191 cm³/mol. The summed E-state index contributed by atoms with van der Waals surface area (Å²) in [5, 5.41) is 152. The zero-order chi connectivity index (χ0) is 49.9. The number of carboxylic acid groups (broad SMARTS) is 9. The first-order chi connectivity index (χ1) is 26.4. The first kappa shape index (κ1) is 74.7. The summed E-state index contributed by atoms with van der Waals surface area (Å²) in [5.41, 5.74) is 0. The maximum Gasteiger partial charge on any atom is 0.300 e. The van der Waals surface area contributed by atoms with Crippen molar-refractivity contribution < 1.29 is 145 Å². The van der Waals surface area contributed by atoms with Gasteiger partial charge in [0.2, 0.25) is 0 Å². The quantitative estimate of drug-likeness (QED) is 0.109. The fourth-order valence-corrected chi connectivity index (χ4v) is 2.16. The highest BCUT2D eigenvalue weighted by atomic mass is 16.7. The van der Waals surface area contributed by atoms with Gasteiger partial charge in [0.1, 0.15) is 48.8 Å². The number of aliphatic carboxylic acids is 9. The Balaban J connectivity index is -0.0000000807. The van der Waals surface area contributed by atoms with E-state index < -0.39 is 129 Å². The van der Waals surface area contributed by atoms with E-state index in [-0.39, 0.29) is 0 Å². The number of ether oxygens (including phenoxy) is 2. The first-order valence-electron chi connectivity index (χ1n) is 15.3. The lowest BCUT2D eigenvalue weighted by Gasteiger charge is -2.42. The third-order valence-electron chi connectivity index (χ3n) is 3.62. The van der Waals surface area contributed by atoms with Crippen LogP contribution in [0.3, 0.4) is 0 Å². The Morgan fingerprint density at radius 3 is 0.847 bits per heavy atom. The van der Waals surface area contributed by atoms with Crippen LogP contribution in [0.1, 0.15) is 62.3 Å².